The van der Waals surface area contributed by atoms with Gasteiger partial charge in [0.1, 0.15) is 5.75 Å². The SMILES string of the molecule is COc1ccccc1C(=O)c1ccccc1.O=C(c1ccccc1)c1ccccc1. The quantitative estimate of drug-likeness (QED) is 0.399. The molecule has 148 valence electrons. The number of carbonyl (C=O) groups excluding carboxylic acids is 2. The third-order valence-corrected chi connectivity index (χ3v) is 4.46. The van der Waals surface area contributed by atoms with Crippen molar-refractivity contribution in [3.05, 3.63) is 138 Å². The Labute approximate surface area is 176 Å². The number of methoxy groups -OCH3 is 1. The number of para-hydroxylation sites is 1. The van der Waals surface area contributed by atoms with E-state index < -0.39 is 0 Å². The number of benzene rings is 4. The predicted octanol–water partition coefficient (Wildman–Crippen LogP) is 5.84. The summed E-state index contributed by atoms with van der Waals surface area (Å²) in [7, 11) is 1.57. The Hall–Kier alpha value is -3.98. The Morgan fingerprint density at radius 2 is 0.867 bits per heavy atom. The van der Waals surface area contributed by atoms with Gasteiger partial charge in [0, 0.05) is 16.7 Å². The molecule has 4 aromatic rings. The average Bonchev–Trinajstić information content (AvgIpc) is 2.85. The van der Waals surface area contributed by atoms with Crippen molar-refractivity contribution in [2.75, 3.05) is 7.11 Å². The summed E-state index contributed by atoms with van der Waals surface area (Å²) in [6.45, 7) is 0. The van der Waals surface area contributed by atoms with Crippen LogP contribution in [0.1, 0.15) is 31.8 Å². The monoisotopic (exact) mass is 394 g/mol. The van der Waals surface area contributed by atoms with Gasteiger partial charge in [0.25, 0.3) is 0 Å². The molecule has 0 amide bonds. The maximum absolute atomic E-state index is 12.1. The Kier molecular flexibility index (Phi) is 7.28. The second kappa shape index (κ2) is 10.5. The highest BCUT2D eigenvalue weighted by molar-refractivity contribution is 6.10. The van der Waals surface area contributed by atoms with Crippen LogP contribution in [0.3, 0.4) is 0 Å². The zero-order valence-corrected chi connectivity index (χ0v) is 16.7. The van der Waals surface area contributed by atoms with E-state index in [4.69, 9.17) is 4.74 Å². The zero-order valence-electron chi connectivity index (χ0n) is 16.7. The molecular weight excluding hydrogens is 372 g/mol. The van der Waals surface area contributed by atoms with Crippen molar-refractivity contribution >= 4 is 11.6 Å². The van der Waals surface area contributed by atoms with Gasteiger partial charge < -0.3 is 4.74 Å². The van der Waals surface area contributed by atoms with Crippen LogP contribution in [0.25, 0.3) is 0 Å². The van der Waals surface area contributed by atoms with Gasteiger partial charge in [-0.3, -0.25) is 9.59 Å². The Morgan fingerprint density at radius 1 is 0.500 bits per heavy atom. The fraction of sp³-hybridized carbons (Fsp3) is 0.0370. The molecular formula is C27H22O3. The van der Waals surface area contributed by atoms with Crippen molar-refractivity contribution < 1.29 is 14.3 Å². The van der Waals surface area contributed by atoms with Crippen molar-refractivity contribution in [1.82, 2.24) is 0 Å². The van der Waals surface area contributed by atoms with Gasteiger partial charge in [-0.1, -0.05) is 103 Å². The second-order valence-electron chi connectivity index (χ2n) is 6.46. The third-order valence-electron chi connectivity index (χ3n) is 4.46. The first-order valence-electron chi connectivity index (χ1n) is 9.58. The molecule has 0 radical (unpaired) electrons. The van der Waals surface area contributed by atoms with E-state index in [-0.39, 0.29) is 11.6 Å². The van der Waals surface area contributed by atoms with Crippen molar-refractivity contribution in [2.24, 2.45) is 0 Å². The number of hydrogen-bond donors (Lipinski definition) is 0. The minimum absolute atomic E-state index is 0.0157. The average molecular weight is 394 g/mol. The first-order chi connectivity index (χ1) is 14.7. The standard InChI is InChI=1S/C14H12O2.C13H10O/c1-16-13-10-6-5-9-12(13)14(15)11-7-3-2-4-8-11;14-13(11-7-3-1-4-8-11)12-9-5-2-6-10-12/h2-10H,1H3;1-10H. The lowest BCUT2D eigenvalue weighted by atomic mass is 10.0. The van der Waals surface area contributed by atoms with E-state index in [9.17, 15) is 9.59 Å². The smallest absolute Gasteiger partial charge is 0.196 e. The molecule has 4 aromatic carbocycles. The Bertz CT molecular complexity index is 1050. The Morgan fingerprint density at radius 3 is 1.30 bits per heavy atom. The summed E-state index contributed by atoms with van der Waals surface area (Å²) in [6.07, 6.45) is 0. The molecule has 0 aliphatic carbocycles. The van der Waals surface area contributed by atoms with E-state index in [0.29, 0.717) is 16.9 Å². The third kappa shape index (κ3) is 5.30. The van der Waals surface area contributed by atoms with Crippen LogP contribution in [0.15, 0.2) is 115 Å². The molecule has 0 spiro atoms. The van der Waals surface area contributed by atoms with Crippen LogP contribution in [0.4, 0.5) is 0 Å². The van der Waals surface area contributed by atoms with Gasteiger partial charge in [-0.15, -0.1) is 0 Å². The molecule has 0 N–H and O–H groups in total. The van der Waals surface area contributed by atoms with Crippen LogP contribution in [0.5, 0.6) is 5.75 Å². The molecule has 0 fully saturated rings. The molecule has 4 rings (SSSR count). The number of ketones is 2. The highest BCUT2D eigenvalue weighted by Gasteiger charge is 2.12. The first-order valence-corrected chi connectivity index (χ1v) is 9.58. The summed E-state index contributed by atoms with van der Waals surface area (Å²) in [6, 6.07) is 35.0. The molecule has 0 saturated heterocycles. The number of carbonyl (C=O) groups is 2. The van der Waals surface area contributed by atoms with Crippen molar-refractivity contribution in [1.29, 1.82) is 0 Å². The molecule has 0 saturated carbocycles. The summed E-state index contributed by atoms with van der Waals surface area (Å²) in [5, 5.41) is 0. The maximum Gasteiger partial charge on any atom is 0.196 e. The Balaban J connectivity index is 0.000000172. The number of hydrogen-bond acceptors (Lipinski definition) is 3. The van der Waals surface area contributed by atoms with Crippen molar-refractivity contribution in [3.8, 4) is 5.75 Å². The molecule has 0 atom stereocenters. The summed E-state index contributed by atoms with van der Waals surface area (Å²) in [4.78, 5) is 24.0. The normalized spacial score (nSPS) is 9.77. The van der Waals surface area contributed by atoms with Crippen LogP contribution in [0, 0.1) is 0 Å². The van der Waals surface area contributed by atoms with Gasteiger partial charge in [-0.2, -0.15) is 0 Å². The summed E-state index contributed by atoms with van der Waals surface area (Å²) >= 11 is 0. The van der Waals surface area contributed by atoms with Crippen LogP contribution < -0.4 is 4.74 Å². The molecule has 0 aliphatic heterocycles. The van der Waals surface area contributed by atoms with E-state index >= 15 is 0 Å². The summed E-state index contributed by atoms with van der Waals surface area (Å²) in [5.41, 5.74) is 2.74. The topological polar surface area (TPSA) is 43.4 Å². The van der Waals surface area contributed by atoms with Crippen molar-refractivity contribution in [2.45, 2.75) is 0 Å². The molecule has 30 heavy (non-hydrogen) atoms. The lowest BCUT2D eigenvalue weighted by Crippen LogP contribution is -2.03. The minimum Gasteiger partial charge on any atom is -0.496 e. The maximum atomic E-state index is 12.1. The molecule has 3 nitrogen and oxygen atoms in total. The highest BCUT2D eigenvalue weighted by atomic mass is 16.5. The van der Waals surface area contributed by atoms with Crippen LogP contribution in [-0.4, -0.2) is 18.7 Å². The van der Waals surface area contributed by atoms with E-state index in [0.717, 1.165) is 11.1 Å². The second-order valence-corrected chi connectivity index (χ2v) is 6.46. The molecule has 0 aliphatic rings. The van der Waals surface area contributed by atoms with Gasteiger partial charge in [0.2, 0.25) is 0 Å². The van der Waals surface area contributed by atoms with Crippen LogP contribution in [-0.2, 0) is 0 Å². The molecule has 0 unspecified atom stereocenters. The van der Waals surface area contributed by atoms with E-state index in [1.54, 1.807) is 31.4 Å². The van der Waals surface area contributed by atoms with E-state index in [2.05, 4.69) is 0 Å². The van der Waals surface area contributed by atoms with Gasteiger partial charge in [-0.05, 0) is 12.1 Å². The van der Waals surface area contributed by atoms with E-state index in [1.807, 2.05) is 91.0 Å². The number of ether oxygens (including phenoxy) is 1. The van der Waals surface area contributed by atoms with Crippen LogP contribution in [0.2, 0.25) is 0 Å². The fourth-order valence-electron chi connectivity index (χ4n) is 2.92. The first kappa shape index (κ1) is 20.7. The summed E-state index contributed by atoms with van der Waals surface area (Å²) < 4.78 is 5.17. The fourth-order valence-corrected chi connectivity index (χ4v) is 2.92. The highest BCUT2D eigenvalue weighted by Crippen LogP contribution is 2.20. The zero-order chi connectivity index (χ0) is 21.2. The van der Waals surface area contributed by atoms with Gasteiger partial charge in [0.15, 0.2) is 11.6 Å². The van der Waals surface area contributed by atoms with Gasteiger partial charge in [0.05, 0.1) is 12.7 Å². The van der Waals surface area contributed by atoms with Gasteiger partial charge in [-0.25, -0.2) is 0 Å². The summed E-state index contributed by atoms with van der Waals surface area (Å²) in [5.74, 6) is 0.667. The predicted molar refractivity (Wildman–Crippen MR) is 119 cm³/mol. The molecule has 0 bridgehead atoms. The molecule has 3 heteroatoms. The van der Waals surface area contributed by atoms with Crippen molar-refractivity contribution in [3.63, 3.8) is 0 Å². The number of rotatable bonds is 5. The lowest BCUT2D eigenvalue weighted by molar-refractivity contribution is 0.102. The molecule has 0 heterocycles. The lowest BCUT2D eigenvalue weighted by Gasteiger charge is -2.06. The van der Waals surface area contributed by atoms with Crippen LogP contribution >= 0.6 is 0 Å². The van der Waals surface area contributed by atoms with Gasteiger partial charge >= 0.3 is 0 Å². The largest absolute Gasteiger partial charge is 0.496 e. The minimum atomic E-state index is -0.0157. The van der Waals surface area contributed by atoms with E-state index in [1.165, 1.54) is 0 Å². The molecule has 0 aromatic heterocycles.